The van der Waals surface area contributed by atoms with Gasteiger partial charge in [0.2, 0.25) is 0 Å². The monoisotopic (exact) mass is 478 g/mol. The Morgan fingerprint density at radius 1 is 1.09 bits per heavy atom. The molecule has 3 amide bonds. The number of aryl methyl sites for hydroxylation is 1. The van der Waals surface area contributed by atoms with Gasteiger partial charge in [0.15, 0.2) is 0 Å². The molecular formula is C25H30N6O4. The summed E-state index contributed by atoms with van der Waals surface area (Å²) in [4.78, 5) is 41.4. The molecule has 0 spiro atoms. The largest absolute Gasteiger partial charge is 0.496 e. The normalized spacial score (nSPS) is 20.5. The van der Waals surface area contributed by atoms with Crippen molar-refractivity contribution < 1.29 is 14.3 Å². The first-order chi connectivity index (χ1) is 16.9. The van der Waals surface area contributed by atoms with Crippen LogP contribution in [-0.4, -0.2) is 69.4 Å². The Kier molecular flexibility index (Phi) is 5.96. The van der Waals surface area contributed by atoms with Crippen molar-refractivity contribution in [1.29, 1.82) is 0 Å². The van der Waals surface area contributed by atoms with Crippen molar-refractivity contribution >= 4 is 28.5 Å². The van der Waals surface area contributed by atoms with Crippen LogP contribution < -0.4 is 15.6 Å². The highest BCUT2D eigenvalue weighted by molar-refractivity contribution is 6.08. The molecule has 1 aromatic carbocycles. The van der Waals surface area contributed by atoms with Gasteiger partial charge in [-0.3, -0.25) is 14.3 Å². The molecule has 0 bridgehead atoms. The van der Waals surface area contributed by atoms with Crippen LogP contribution in [0.1, 0.15) is 42.1 Å². The Bertz CT molecular complexity index is 1340. The van der Waals surface area contributed by atoms with Crippen molar-refractivity contribution in [3.63, 3.8) is 0 Å². The van der Waals surface area contributed by atoms with E-state index in [1.165, 1.54) is 11.7 Å². The number of amides is 3. The highest BCUT2D eigenvalue weighted by Gasteiger charge is 2.34. The average molecular weight is 479 g/mol. The van der Waals surface area contributed by atoms with E-state index in [2.05, 4.69) is 5.32 Å². The lowest BCUT2D eigenvalue weighted by Gasteiger charge is -2.34. The number of anilines is 1. The molecule has 1 saturated heterocycles. The fourth-order valence-corrected chi connectivity index (χ4v) is 5.13. The zero-order chi connectivity index (χ0) is 24.7. The quantitative estimate of drug-likeness (QED) is 0.608. The first-order valence-corrected chi connectivity index (χ1v) is 11.9. The molecule has 1 saturated carbocycles. The third-order valence-corrected chi connectivity index (χ3v) is 7.19. The number of likely N-dealkylation sites (N-methyl/N-ethyl adjacent to an activating group) is 1. The molecule has 2 aliphatic rings. The van der Waals surface area contributed by atoms with Crippen molar-refractivity contribution in [3.8, 4) is 5.75 Å². The second-order valence-electron chi connectivity index (χ2n) is 9.37. The number of pyridine rings is 1. The van der Waals surface area contributed by atoms with Gasteiger partial charge in [0.05, 0.1) is 24.2 Å². The SMILES string of the molecule is COc1cc2nn(C3CCC(N4CCN(C)C4=O)CC3)cc2cc1C(=O)Nc1cccn(C)c1=O. The van der Waals surface area contributed by atoms with Gasteiger partial charge in [-0.05, 0) is 43.9 Å². The zero-order valence-corrected chi connectivity index (χ0v) is 20.2. The second kappa shape index (κ2) is 9.09. The standard InChI is InChI=1S/C25H30N6O4/c1-28-10-4-5-20(24(28)33)26-23(32)19-13-16-15-31(27-21(16)14-22(19)35-3)18-8-6-17(7-9-18)30-12-11-29(2)25(30)34/h4-5,10,13-15,17-18H,6-9,11-12H2,1-3H3,(H,26,32). The maximum atomic E-state index is 13.0. The molecule has 3 heterocycles. The van der Waals surface area contributed by atoms with Crippen LogP contribution in [0.15, 0.2) is 41.5 Å². The third-order valence-electron chi connectivity index (χ3n) is 7.19. The van der Waals surface area contributed by atoms with E-state index in [4.69, 9.17) is 9.84 Å². The van der Waals surface area contributed by atoms with Crippen LogP contribution in [0, 0.1) is 0 Å². The van der Waals surface area contributed by atoms with E-state index in [1.807, 2.05) is 22.8 Å². The van der Waals surface area contributed by atoms with Gasteiger partial charge in [0.25, 0.3) is 11.5 Å². The lowest BCUT2D eigenvalue weighted by molar-refractivity contribution is 0.102. The van der Waals surface area contributed by atoms with Gasteiger partial charge in [-0.15, -0.1) is 0 Å². The predicted molar refractivity (Wildman–Crippen MR) is 132 cm³/mol. The number of methoxy groups -OCH3 is 1. The van der Waals surface area contributed by atoms with Gasteiger partial charge in [-0.2, -0.15) is 5.10 Å². The van der Waals surface area contributed by atoms with Gasteiger partial charge < -0.3 is 24.4 Å². The van der Waals surface area contributed by atoms with Crippen molar-refractivity contribution in [2.45, 2.75) is 37.8 Å². The molecule has 0 atom stereocenters. The van der Waals surface area contributed by atoms with Crippen LogP contribution in [-0.2, 0) is 7.05 Å². The summed E-state index contributed by atoms with van der Waals surface area (Å²) in [7, 11) is 4.99. The molecule has 1 aliphatic heterocycles. The van der Waals surface area contributed by atoms with E-state index in [9.17, 15) is 14.4 Å². The number of nitrogens with one attached hydrogen (secondary N) is 1. The fraction of sp³-hybridized carbons (Fsp3) is 0.440. The number of urea groups is 1. The van der Waals surface area contributed by atoms with E-state index in [-0.39, 0.29) is 29.4 Å². The highest BCUT2D eigenvalue weighted by atomic mass is 16.5. The molecule has 1 aliphatic carbocycles. The predicted octanol–water partition coefficient (Wildman–Crippen LogP) is 2.85. The summed E-state index contributed by atoms with van der Waals surface area (Å²) < 4.78 is 8.86. The number of carbonyl (C=O) groups excluding carboxylic acids is 2. The number of nitrogens with zero attached hydrogens (tertiary/aromatic N) is 5. The highest BCUT2D eigenvalue weighted by Crippen LogP contribution is 2.34. The average Bonchev–Trinajstić information content (AvgIpc) is 3.43. The minimum absolute atomic E-state index is 0.129. The molecule has 10 heteroatoms. The number of benzene rings is 1. The molecule has 3 aromatic rings. The van der Waals surface area contributed by atoms with E-state index >= 15 is 0 Å². The first-order valence-electron chi connectivity index (χ1n) is 11.9. The Morgan fingerprint density at radius 3 is 2.51 bits per heavy atom. The van der Waals surface area contributed by atoms with E-state index in [0.717, 1.165) is 49.7 Å². The minimum atomic E-state index is -0.416. The Balaban J connectivity index is 1.34. The lowest BCUT2D eigenvalue weighted by atomic mass is 9.90. The van der Waals surface area contributed by atoms with Crippen LogP contribution in [0.2, 0.25) is 0 Å². The number of hydrogen-bond donors (Lipinski definition) is 1. The van der Waals surface area contributed by atoms with Gasteiger partial charge >= 0.3 is 6.03 Å². The Morgan fingerprint density at radius 2 is 1.83 bits per heavy atom. The van der Waals surface area contributed by atoms with Crippen LogP contribution in [0.5, 0.6) is 5.75 Å². The zero-order valence-electron chi connectivity index (χ0n) is 20.2. The van der Waals surface area contributed by atoms with E-state index in [1.54, 1.807) is 42.4 Å². The first kappa shape index (κ1) is 22.9. The maximum absolute atomic E-state index is 13.0. The van der Waals surface area contributed by atoms with Crippen molar-refractivity contribution in [3.05, 3.63) is 52.6 Å². The van der Waals surface area contributed by atoms with E-state index < -0.39 is 5.91 Å². The van der Waals surface area contributed by atoms with Gasteiger partial charge in [0.1, 0.15) is 11.4 Å². The van der Waals surface area contributed by atoms with E-state index in [0.29, 0.717) is 11.3 Å². The molecular weight excluding hydrogens is 448 g/mol. The molecule has 2 fully saturated rings. The van der Waals surface area contributed by atoms with Crippen LogP contribution in [0.25, 0.3) is 10.9 Å². The molecule has 2 aromatic heterocycles. The molecule has 35 heavy (non-hydrogen) atoms. The fourth-order valence-electron chi connectivity index (χ4n) is 5.13. The smallest absolute Gasteiger partial charge is 0.320 e. The summed E-state index contributed by atoms with van der Waals surface area (Å²) in [5.41, 5.74) is 1.00. The van der Waals surface area contributed by atoms with Crippen LogP contribution in [0.4, 0.5) is 10.5 Å². The number of carbonyl (C=O) groups is 2. The number of ether oxygens (including phenoxy) is 1. The molecule has 0 unspecified atom stereocenters. The minimum Gasteiger partial charge on any atom is -0.496 e. The second-order valence-corrected chi connectivity index (χ2v) is 9.37. The number of fused-ring (bicyclic) bond motifs is 1. The molecule has 184 valence electrons. The summed E-state index contributed by atoms with van der Waals surface area (Å²) >= 11 is 0. The van der Waals surface area contributed by atoms with Crippen molar-refractivity contribution in [2.75, 3.05) is 32.6 Å². The summed E-state index contributed by atoms with van der Waals surface area (Å²) in [6, 6.07) is 7.45. The van der Waals surface area contributed by atoms with Gasteiger partial charge in [-0.25, -0.2) is 4.79 Å². The number of rotatable bonds is 5. The van der Waals surface area contributed by atoms with Crippen LogP contribution in [0.3, 0.4) is 0 Å². The van der Waals surface area contributed by atoms with Gasteiger partial charge in [0, 0.05) is 57.1 Å². The van der Waals surface area contributed by atoms with Crippen LogP contribution >= 0.6 is 0 Å². The van der Waals surface area contributed by atoms with Crippen molar-refractivity contribution in [2.24, 2.45) is 7.05 Å². The number of aromatic nitrogens is 3. The summed E-state index contributed by atoms with van der Waals surface area (Å²) in [6.07, 6.45) is 7.37. The maximum Gasteiger partial charge on any atom is 0.320 e. The number of hydrogen-bond acceptors (Lipinski definition) is 5. The lowest BCUT2D eigenvalue weighted by Crippen LogP contribution is -2.40. The molecule has 0 radical (unpaired) electrons. The summed E-state index contributed by atoms with van der Waals surface area (Å²) in [5.74, 6) is -0.0195. The third kappa shape index (κ3) is 4.24. The topological polar surface area (TPSA) is 102 Å². The van der Waals surface area contributed by atoms with Crippen molar-refractivity contribution in [1.82, 2.24) is 24.1 Å². The van der Waals surface area contributed by atoms with Gasteiger partial charge in [-0.1, -0.05) is 0 Å². The molecule has 10 nitrogen and oxygen atoms in total. The Hall–Kier alpha value is -3.82. The Labute approximate surface area is 203 Å². The molecule has 5 rings (SSSR count). The summed E-state index contributed by atoms with van der Waals surface area (Å²) in [5, 5.41) is 8.30. The molecule has 1 N–H and O–H groups in total. The summed E-state index contributed by atoms with van der Waals surface area (Å²) in [6.45, 7) is 1.59.